The lowest BCUT2D eigenvalue weighted by molar-refractivity contribution is -0.141. The van der Waals surface area contributed by atoms with Gasteiger partial charge in [-0.25, -0.2) is 4.79 Å². The first kappa shape index (κ1) is 11.7. The maximum Gasteiger partial charge on any atom is 0.330 e. The number of aliphatic carboxylic acids is 1. The third kappa shape index (κ3) is 2.06. The lowest BCUT2D eigenvalue weighted by Crippen LogP contribution is -2.56. The summed E-state index contributed by atoms with van der Waals surface area (Å²) in [6.07, 6.45) is 0. The monoisotopic (exact) mass is 236 g/mol. The number of para-hydroxylation sites is 2. The second-order valence-corrected chi connectivity index (χ2v) is 4.42. The van der Waals surface area contributed by atoms with Gasteiger partial charge in [-0.1, -0.05) is 12.1 Å². The topological polar surface area (TPSA) is 72.8 Å². The highest BCUT2D eigenvalue weighted by Crippen LogP contribution is 2.34. The first-order valence-corrected chi connectivity index (χ1v) is 5.53. The van der Waals surface area contributed by atoms with Crippen LogP contribution in [0.4, 0.5) is 11.4 Å². The van der Waals surface area contributed by atoms with Crippen molar-refractivity contribution in [1.29, 1.82) is 0 Å². The molecule has 0 spiro atoms. The van der Waals surface area contributed by atoms with E-state index >= 15 is 0 Å². The molecule has 0 bridgehead atoms. The van der Waals surface area contributed by atoms with Gasteiger partial charge in [0.1, 0.15) is 0 Å². The molecule has 1 aliphatic rings. The minimum atomic E-state index is -1.02. The summed E-state index contributed by atoms with van der Waals surface area (Å²) in [4.78, 5) is 13.2. The third-order valence-electron chi connectivity index (χ3n) is 3.00. The molecule has 0 saturated carbocycles. The van der Waals surface area contributed by atoms with Crippen molar-refractivity contribution in [2.75, 3.05) is 29.9 Å². The second-order valence-electron chi connectivity index (χ2n) is 4.42. The molecule has 5 heteroatoms. The van der Waals surface area contributed by atoms with E-state index < -0.39 is 11.5 Å². The van der Waals surface area contributed by atoms with Crippen LogP contribution in [0.15, 0.2) is 24.3 Å². The fraction of sp³-hybridized carbons (Fsp3) is 0.417. The number of β-amino-alcohol motifs (C(OH)–C–C–N with tert-alkyl or cyclic N) is 1. The molecular formula is C12H16N2O3. The Kier molecular flexibility index (Phi) is 2.93. The molecule has 1 atom stereocenters. The Balaban J connectivity index is 2.39. The quantitative estimate of drug-likeness (QED) is 0.722. The van der Waals surface area contributed by atoms with E-state index in [0.29, 0.717) is 13.1 Å². The molecule has 0 fully saturated rings. The van der Waals surface area contributed by atoms with Crippen molar-refractivity contribution in [3.05, 3.63) is 24.3 Å². The van der Waals surface area contributed by atoms with Gasteiger partial charge in [0, 0.05) is 6.54 Å². The van der Waals surface area contributed by atoms with Crippen molar-refractivity contribution in [3.63, 3.8) is 0 Å². The largest absolute Gasteiger partial charge is 0.479 e. The molecule has 1 aromatic carbocycles. The van der Waals surface area contributed by atoms with Crippen LogP contribution in [0.2, 0.25) is 0 Å². The molecule has 0 amide bonds. The van der Waals surface area contributed by atoms with Gasteiger partial charge in [-0.3, -0.25) is 0 Å². The van der Waals surface area contributed by atoms with Gasteiger partial charge in [-0.2, -0.15) is 0 Å². The van der Waals surface area contributed by atoms with Crippen LogP contribution in [0.5, 0.6) is 0 Å². The summed E-state index contributed by atoms with van der Waals surface area (Å²) in [7, 11) is 0. The van der Waals surface area contributed by atoms with Gasteiger partial charge in [0.25, 0.3) is 0 Å². The van der Waals surface area contributed by atoms with Crippen molar-refractivity contribution < 1.29 is 15.0 Å². The van der Waals surface area contributed by atoms with E-state index in [2.05, 4.69) is 5.32 Å². The number of anilines is 2. The van der Waals surface area contributed by atoms with E-state index in [9.17, 15) is 9.90 Å². The highest BCUT2D eigenvalue weighted by Gasteiger charge is 2.39. The number of aliphatic hydroxyl groups is 1. The number of nitrogens with zero attached hydrogens (tertiary/aromatic N) is 1. The van der Waals surface area contributed by atoms with Crippen LogP contribution < -0.4 is 10.2 Å². The Morgan fingerprint density at radius 1 is 1.53 bits per heavy atom. The SMILES string of the molecule is CC1(C(=O)O)CN(CCO)c2ccccc2N1. The van der Waals surface area contributed by atoms with Crippen LogP contribution >= 0.6 is 0 Å². The van der Waals surface area contributed by atoms with Crippen LogP contribution in [-0.2, 0) is 4.79 Å². The molecule has 0 radical (unpaired) electrons. The Labute approximate surface area is 99.7 Å². The van der Waals surface area contributed by atoms with E-state index in [1.807, 2.05) is 29.2 Å². The molecule has 3 N–H and O–H groups in total. The standard InChI is InChI=1S/C12H16N2O3/c1-12(11(16)17)8-14(6-7-15)10-5-3-2-4-9(10)13-12/h2-5,13,15H,6-8H2,1H3,(H,16,17). The van der Waals surface area contributed by atoms with Gasteiger partial charge in [0.05, 0.1) is 24.5 Å². The number of carboxylic acids is 1. The fourth-order valence-corrected chi connectivity index (χ4v) is 2.10. The number of benzene rings is 1. The van der Waals surface area contributed by atoms with Crippen molar-refractivity contribution in [3.8, 4) is 0 Å². The van der Waals surface area contributed by atoms with Gasteiger partial charge in [0.2, 0.25) is 0 Å². The third-order valence-corrected chi connectivity index (χ3v) is 3.00. The number of nitrogens with one attached hydrogen (secondary N) is 1. The molecule has 1 aliphatic heterocycles. The Hall–Kier alpha value is -1.75. The van der Waals surface area contributed by atoms with Crippen LogP contribution in [0.25, 0.3) is 0 Å². The summed E-state index contributed by atoms with van der Waals surface area (Å²) in [6, 6.07) is 7.52. The molecule has 1 unspecified atom stereocenters. The van der Waals surface area contributed by atoms with Crippen molar-refractivity contribution in [1.82, 2.24) is 0 Å². The summed E-state index contributed by atoms with van der Waals surface area (Å²) in [5, 5.41) is 21.3. The number of aliphatic hydroxyl groups excluding tert-OH is 1. The number of carbonyl (C=O) groups is 1. The van der Waals surface area contributed by atoms with Crippen LogP contribution in [0.3, 0.4) is 0 Å². The lowest BCUT2D eigenvalue weighted by atomic mass is 9.97. The number of carboxylic acid groups (broad SMARTS) is 1. The predicted octanol–water partition coefficient (Wildman–Crippen LogP) is 0.754. The number of hydrogen-bond donors (Lipinski definition) is 3. The van der Waals surface area contributed by atoms with E-state index in [1.54, 1.807) is 6.92 Å². The molecule has 1 heterocycles. The van der Waals surface area contributed by atoms with E-state index in [0.717, 1.165) is 11.4 Å². The summed E-state index contributed by atoms with van der Waals surface area (Å²) >= 11 is 0. The zero-order valence-electron chi connectivity index (χ0n) is 9.68. The molecule has 0 aromatic heterocycles. The minimum Gasteiger partial charge on any atom is -0.479 e. The Bertz CT molecular complexity index is 436. The first-order chi connectivity index (χ1) is 8.07. The van der Waals surface area contributed by atoms with Crippen molar-refractivity contribution in [2.24, 2.45) is 0 Å². The van der Waals surface area contributed by atoms with Crippen LogP contribution in [0, 0.1) is 0 Å². The van der Waals surface area contributed by atoms with Crippen molar-refractivity contribution >= 4 is 17.3 Å². The van der Waals surface area contributed by atoms with E-state index in [1.165, 1.54) is 0 Å². The summed E-state index contributed by atoms with van der Waals surface area (Å²) in [5.74, 6) is -0.894. The average Bonchev–Trinajstić information content (AvgIpc) is 2.29. The first-order valence-electron chi connectivity index (χ1n) is 5.53. The van der Waals surface area contributed by atoms with Crippen molar-refractivity contribution in [2.45, 2.75) is 12.5 Å². The average molecular weight is 236 g/mol. The van der Waals surface area contributed by atoms with Crippen LogP contribution in [-0.4, -0.2) is 41.4 Å². The van der Waals surface area contributed by atoms with Gasteiger partial charge >= 0.3 is 5.97 Å². The molecule has 2 rings (SSSR count). The molecule has 17 heavy (non-hydrogen) atoms. The molecule has 92 valence electrons. The summed E-state index contributed by atoms with van der Waals surface area (Å²) in [5.41, 5.74) is 0.696. The van der Waals surface area contributed by atoms with E-state index in [-0.39, 0.29) is 6.61 Å². The van der Waals surface area contributed by atoms with Crippen LogP contribution in [0.1, 0.15) is 6.92 Å². The van der Waals surface area contributed by atoms with Gasteiger partial charge < -0.3 is 20.4 Å². The predicted molar refractivity (Wildman–Crippen MR) is 65.4 cm³/mol. The molecule has 0 aliphatic carbocycles. The normalized spacial score (nSPS) is 22.8. The highest BCUT2D eigenvalue weighted by atomic mass is 16.4. The number of rotatable bonds is 3. The maximum absolute atomic E-state index is 11.3. The zero-order chi connectivity index (χ0) is 12.5. The molecular weight excluding hydrogens is 220 g/mol. The Morgan fingerprint density at radius 2 is 2.24 bits per heavy atom. The lowest BCUT2D eigenvalue weighted by Gasteiger charge is -2.41. The maximum atomic E-state index is 11.3. The molecule has 1 aromatic rings. The molecule has 5 nitrogen and oxygen atoms in total. The fourth-order valence-electron chi connectivity index (χ4n) is 2.10. The summed E-state index contributed by atoms with van der Waals surface area (Å²) < 4.78 is 0. The van der Waals surface area contributed by atoms with Gasteiger partial charge in [-0.15, -0.1) is 0 Å². The molecule has 0 saturated heterocycles. The van der Waals surface area contributed by atoms with Gasteiger partial charge in [-0.05, 0) is 19.1 Å². The van der Waals surface area contributed by atoms with Gasteiger partial charge in [0.15, 0.2) is 5.54 Å². The highest BCUT2D eigenvalue weighted by molar-refractivity contribution is 5.88. The van der Waals surface area contributed by atoms with E-state index in [4.69, 9.17) is 5.11 Å². The number of fused-ring (bicyclic) bond motifs is 1. The second kappa shape index (κ2) is 4.25. The Morgan fingerprint density at radius 3 is 2.88 bits per heavy atom. The smallest absolute Gasteiger partial charge is 0.330 e. The zero-order valence-corrected chi connectivity index (χ0v) is 9.68. The minimum absolute atomic E-state index is 0.00400. The number of hydrogen-bond acceptors (Lipinski definition) is 4. The summed E-state index contributed by atoms with van der Waals surface area (Å²) in [6.45, 7) is 2.42.